The molecule has 0 atom stereocenters. The molecule has 2 aromatic rings. The molecular formula is C13H10BrClN2O2S. The van der Waals surface area contributed by atoms with Gasteiger partial charge in [-0.3, -0.25) is 0 Å². The molecule has 4 nitrogen and oxygen atoms in total. The van der Waals surface area contributed by atoms with Crippen molar-refractivity contribution in [2.24, 2.45) is 0 Å². The number of esters is 1. The predicted molar refractivity (Wildman–Crippen MR) is 83.6 cm³/mol. The number of aryl methyl sites for hydroxylation is 1. The molecule has 104 valence electrons. The molecule has 0 saturated carbocycles. The fraction of sp³-hybridized carbons (Fsp3) is 0.154. The summed E-state index contributed by atoms with van der Waals surface area (Å²) in [4.78, 5) is 18.9. The summed E-state index contributed by atoms with van der Waals surface area (Å²) in [5.41, 5.74) is 1.56. The molecule has 0 amide bonds. The van der Waals surface area contributed by atoms with Crippen LogP contribution in [0, 0.1) is 11.6 Å². The van der Waals surface area contributed by atoms with Crippen molar-refractivity contribution in [3.63, 3.8) is 0 Å². The molecule has 0 bridgehead atoms. The van der Waals surface area contributed by atoms with Crippen LogP contribution in [0.1, 0.15) is 16.1 Å². The van der Waals surface area contributed by atoms with Gasteiger partial charge in [0.2, 0.25) is 0 Å². The Bertz CT molecular complexity index is 746. The average Bonchev–Trinajstić information content (AvgIpc) is 2.37. The molecule has 0 spiro atoms. The van der Waals surface area contributed by atoms with E-state index in [1.807, 2.05) is 12.1 Å². The number of hydrogen-bond donors (Lipinski definition) is 1. The lowest BCUT2D eigenvalue weighted by Crippen LogP contribution is -2.09. The highest BCUT2D eigenvalue weighted by atomic mass is 79.9. The zero-order chi connectivity index (χ0) is 14.9. The number of H-pyrrole nitrogens is 1. The van der Waals surface area contributed by atoms with Gasteiger partial charge in [-0.1, -0.05) is 39.7 Å². The van der Waals surface area contributed by atoms with Gasteiger partial charge < -0.3 is 9.72 Å². The summed E-state index contributed by atoms with van der Waals surface area (Å²) in [6.45, 7) is 1.74. The van der Waals surface area contributed by atoms with Crippen LogP contribution in [0.25, 0.3) is 11.4 Å². The van der Waals surface area contributed by atoms with Gasteiger partial charge in [0.15, 0.2) is 0 Å². The highest BCUT2D eigenvalue weighted by Gasteiger charge is 2.16. The van der Waals surface area contributed by atoms with E-state index in [1.165, 1.54) is 7.11 Å². The van der Waals surface area contributed by atoms with Crippen LogP contribution in [-0.4, -0.2) is 23.0 Å². The Morgan fingerprint density at radius 2 is 2.20 bits per heavy atom. The third kappa shape index (κ3) is 2.92. The van der Waals surface area contributed by atoms with Crippen molar-refractivity contribution in [2.45, 2.75) is 6.92 Å². The van der Waals surface area contributed by atoms with Crippen molar-refractivity contribution in [3.05, 3.63) is 43.6 Å². The highest BCUT2D eigenvalue weighted by Crippen LogP contribution is 2.28. The van der Waals surface area contributed by atoms with Gasteiger partial charge in [-0.2, -0.15) is 0 Å². The van der Waals surface area contributed by atoms with E-state index >= 15 is 0 Å². The Labute approximate surface area is 134 Å². The molecule has 7 heteroatoms. The molecule has 0 unspecified atom stereocenters. The molecule has 2 rings (SSSR count). The molecular weight excluding hydrogens is 364 g/mol. The molecule has 1 aromatic carbocycles. The Kier molecular flexibility index (Phi) is 4.57. The third-order valence-electron chi connectivity index (χ3n) is 2.68. The summed E-state index contributed by atoms with van der Waals surface area (Å²) < 4.78 is 5.74. The molecule has 1 aromatic heterocycles. The van der Waals surface area contributed by atoms with Crippen molar-refractivity contribution in [1.29, 1.82) is 0 Å². The zero-order valence-corrected chi connectivity index (χ0v) is 13.8. The predicted octanol–water partition coefficient (Wildman–Crippen LogP) is 4.32. The van der Waals surface area contributed by atoms with Crippen molar-refractivity contribution in [3.8, 4) is 11.4 Å². The van der Waals surface area contributed by atoms with Crippen LogP contribution in [0.2, 0.25) is 5.02 Å². The van der Waals surface area contributed by atoms with Crippen molar-refractivity contribution in [2.75, 3.05) is 7.11 Å². The van der Waals surface area contributed by atoms with E-state index in [0.717, 1.165) is 4.47 Å². The Morgan fingerprint density at radius 1 is 1.50 bits per heavy atom. The zero-order valence-electron chi connectivity index (χ0n) is 10.7. The molecule has 1 N–H and O–H groups in total. The lowest BCUT2D eigenvalue weighted by atomic mass is 10.2. The van der Waals surface area contributed by atoms with E-state index in [9.17, 15) is 4.79 Å². The number of carbonyl (C=O) groups is 1. The molecule has 0 fully saturated rings. The van der Waals surface area contributed by atoms with Crippen molar-refractivity contribution in [1.82, 2.24) is 9.97 Å². The minimum Gasteiger partial charge on any atom is -0.465 e. The minimum absolute atomic E-state index is 0.182. The van der Waals surface area contributed by atoms with Crippen molar-refractivity contribution >= 4 is 45.7 Å². The second kappa shape index (κ2) is 6.03. The lowest BCUT2D eigenvalue weighted by Gasteiger charge is -2.09. The van der Waals surface area contributed by atoms with E-state index < -0.39 is 5.97 Å². The van der Waals surface area contributed by atoms with Crippen LogP contribution < -0.4 is 0 Å². The minimum atomic E-state index is -0.510. The quantitative estimate of drug-likeness (QED) is 0.629. The molecule has 20 heavy (non-hydrogen) atoms. The topological polar surface area (TPSA) is 55.0 Å². The van der Waals surface area contributed by atoms with Crippen molar-refractivity contribution < 1.29 is 9.53 Å². The van der Waals surface area contributed by atoms with E-state index in [2.05, 4.69) is 30.6 Å². The van der Waals surface area contributed by atoms with Gasteiger partial charge in [0.25, 0.3) is 0 Å². The second-order valence-electron chi connectivity index (χ2n) is 4.01. The van der Waals surface area contributed by atoms with E-state index in [-0.39, 0.29) is 10.2 Å². The maximum absolute atomic E-state index is 11.6. The van der Waals surface area contributed by atoms with Crippen LogP contribution in [0.4, 0.5) is 0 Å². The largest absolute Gasteiger partial charge is 0.465 e. The van der Waals surface area contributed by atoms with Crippen LogP contribution in [0.5, 0.6) is 0 Å². The van der Waals surface area contributed by atoms with Gasteiger partial charge in [-0.25, -0.2) is 9.78 Å². The monoisotopic (exact) mass is 372 g/mol. The Hall–Kier alpha value is -1.24. The third-order valence-corrected chi connectivity index (χ3v) is 3.79. The summed E-state index contributed by atoms with van der Waals surface area (Å²) >= 11 is 14.7. The first-order chi connectivity index (χ1) is 9.43. The molecule has 0 aliphatic rings. The summed E-state index contributed by atoms with van der Waals surface area (Å²) in [5.74, 6) is 0.00218. The lowest BCUT2D eigenvalue weighted by molar-refractivity contribution is 0.0598. The van der Waals surface area contributed by atoms with Crippen LogP contribution in [0.3, 0.4) is 0 Å². The fourth-order valence-corrected chi connectivity index (χ4v) is 2.83. The number of hydrogen-bond acceptors (Lipinski definition) is 4. The maximum Gasteiger partial charge on any atom is 0.342 e. The average molecular weight is 374 g/mol. The molecule has 1 heterocycles. The SMILES string of the molecule is COC(=O)c1c(C)[nH]c(-c2ccc(Br)cc2Cl)nc1=S. The normalized spacial score (nSPS) is 10.4. The van der Waals surface area contributed by atoms with Gasteiger partial charge in [0, 0.05) is 15.7 Å². The van der Waals surface area contributed by atoms with E-state index in [0.29, 0.717) is 22.1 Å². The number of aromatic nitrogens is 2. The summed E-state index contributed by atoms with van der Waals surface area (Å²) in [6, 6.07) is 5.43. The van der Waals surface area contributed by atoms with Gasteiger partial charge in [-0.15, -0.1) is 0 Å². The number of nitrogens with zero attached hydrogens (tertiary/aromatic N) is 1. The Morgan fingerprint density at radius 3 is 2.75 bits per heavy atom. The number of rotatable bonds is 2. The van der Waals surface area contributed by atoms with Gasteiger partial charge in [0.05, 0.1) is 12.1 Å². The fourth-order valence-electron chi connectivity index (χ4n) is 1.74. The number of halogens is 2. The first-order valence-corrected chi connectivity index (χ1v) is 7.16. The van der Waals surface area contributed by atoms with Crippen LogP contribution in [0.15, 0.2) is 22.7 Å². The summed E-state index contributed by atoms with van der Waals surface area (Å²) in [6.07, 6.45) is 0. The van der Waals surface area contributed by atoms with Crippen LogP contribution in [-0.2, 0) is 4.74 Å². The standard InChI is InChI=1S/C13H10BrClN2O2S/c1-6-10(13(18)19-2)12(20)17-11(16-6)8-4-3-7(14)5-9(8)15/h3-5H,1-2H3,(H,16,17,20). The number of carbonyl (C=O) groups excluding carboxylic acids is 1. The number of nitrogens with one attached hydrogen (secondary N) is 1. The number of aromatic amines is 1. The van der Waals surface area contributed by atoms with Gasteiger partial charge >= 0.3 is 5.97 Å². The van der Waals surface area contributed by atoms with Gasteiger partial charge in [-0.05, 0) is 25.1 Å². The first kappa shape index (κ1) is 15.2. The van der Waals surface area contributed by atoms with Gasteiger partial charge in [0.1, 0.15) is 16.0 Å². The second-order valence-corrected chi connectivity index (χ2v) is 5.72. The molecule has 0 aliphatic carbocycles. The molecule has 0 radical (unpaired) electrons. The Balaban J connectivity index is 2.61. The van der Waals surface area contributed by atoms with E-state index in [4.69, 9.17) is 23.8 Å². The highest BCUT2D eigenvalue weighted by molar-refractivity contribution is 9.10. The maximum atomic E-state index is 11.6. The smallest absolute Gasteiger partial charge is 0.342 e. The summed E-state index contributed by atoms with van der Waals surface area (Å²) in [5, 5.41) is 0.530. The molecule has 0 aliphatic heterocycles. The summed E-state index contributed by atoms with van der Waals surface area (Å²) in [7, 11) is 1.30. The number of methoxy groups -OCH3 is 1. The molecule has 0 saturated heterocycles. The first-order valence-electron chi connectivity index (χ1n) is 5.58. The number of ether oxygens (including phenoxy) is 1. The number of benzene rings is 1. The van der Waals surface area contributed by atoms with E-state index in [1.54, 1.807) is 13.0 Å². The van der Waals surface area contributed by atoms with Crippen LogP contribution >= 0.6 is 39.7 Å².